The zero-order valence-corrected chi connectivity index (χ0v) is 17.8. The van der Waals surface area contributed by atoms with Gasteiger partial charge in [-0.25, -0.2) is 15.0 Å². The fourth-order valence-corrected chi connectivity index (χ4v) is 5.30. The summed E-state index contributed by atoms with van der Waals surface area (Å²) in [5, 5.41) is 4.56. The molecule has 1 saturated heterocycles. The number of alkyl halides is 3. The molecule has 2 N–H and O–H groups in total. The van der Waals surface area contributed by atoms with E-state index in [1.807, 2.05) is 0 Å². The number of nitrogens with two attached hydrogens (primary N) is 1. The summed E-state index contributed by atoms with van der Waals surface area (Å²) in [6.07, 6.45) is -0.354. The summed E-state index contributed by atoms with van der Waals surface area (Å²) in [6, 6.07) is 7.18. The molecular weight excluding hydrogens is 414 g/mol. The molecule has 6 nitrogen and oxygen atoms in total. The molecule has 2 aliphatic rings. The van der Waals surface area contributed by atoms with Crippen LogP contribution in [0.2, 0.25) is 0 Å². The Bertz CT molecular complexity index is 963. The molecule has 0 radical (unpaired) electrons. The van der Waals surface area contributed by atoms with E-state index in [9.17, 15) is 17.7 Å². The van der Waals surface area contributed by atoms with Gasteiger partial charge in [-0.15, -0.1) is 0 Å². The molecule has 2 aromatic rings. The van der Waals surface area contributed by atoms with E-state index in [0.29, 0.717) is 17.5 Å². The Labute approximate surface area is 173 Å². The molecule has 30 heavy (non-hydrogen) atoms. The van der Waals surface area contributed by atoms with Crippen LogP contribution in [0.5, 0.6) is 0 Å². The van der Waals surface area contributed by atoms with Crippen molar-refractivity contribution in [3.63, 3.8) is 0 Å². The summed E-state index contributed by atoms with van der Waals surface area (Å²) in [6.45, 7) is 4.97. The highest BCUT2D eigenvalue weighted by Crippen LogP contribution is 2.42. The van der Waals surface area contributed by atoms with E-state index in [4.69, 9.17) is 5.73 Å². The van der Waals surface area contributed by atoms with Crippen LogP contribution in [0.4, 0.5) is 30.6 Å². The molecule has 2 atom stereocenters. The lowest BCUT2D eigenvalue weighted by molar-refractivity contribution is -0.137. The third-order valence-corrected chi connectivity index (χ3v) is 7.55. The highest BCUT2D eigenvalue weighted by Gasteiger charge is 2.40. The smallest absolute Gasteiger partial charge is 0.383 e. The molecule has 1 aromatic carbocycles. The van der Waals surface area contributed by atoms with Crippen molar-refractivity contribution < 1.29 is 17.7 Å². The Balaban J connectivity index is 1.73. The lowest BCUT2D eigenvalue weighted by atomic mass is 10.0. The van der Waals surface area contributed by atoms with E-state index in [1.54, 1.807) is 42.6 Å². The molecular formula is C20H25F3N5OP. The SMILES string of the molecule is CP(C)(=O)c1ccc(N(c2ncc(C(F)(F)F)c(N)n2)N2CC3CCCC3C2)cc1. The van der Waals surface area contributed by atoms with Crippen molar-refractivity contribution in [1.29, 1.82) is 0 Å². The van der Waals surface area contributed by atoms with Crippen molar-refractivity contribution in [3.8, 4) is 0 Å². The first-order chi connectivity index (χ1) is 14.0. The molecule has 1 saturated carbocycles. The van der Waals surface area contributed by atoms with Gasteiger partial charge in [-0.3, -0.25) is 0 Å². The normalized spacial score (nSPS) is 22.3. The average molecular weight is 439 g/mol. The van der Waals surface area contributed by atoms with Crippen LogP contribution in [0.3, 0.4) is 0 Å². The Morgan fingerprint density at radius 2 is 1.73 bits per heavy atom. The van der Waals surface area contributed by atoms with Crippen molar-refractivity contribution >= 4 is 29.9 Å². The molecule has 0 amide bonds. The van der Waals surface area contributed by atoms with Crippen LogP contribution in [0.1, 0.15) is 24.8 Å². The second-order valence-corrected chi connectivity index (χ2v) is 11.7. The molecule has 162 valence electrons. The molecule has 2 unspecified atom stereocenters. The maximum atomic E-state index is 13.1. The van der Waals surface area contributed by atoms with E-state index >= 15 is 0 Å². The second-order valence-electron chi connectivity index (χ2n) is 8.47. The van der Waals surface area contributed by atoms with Gasteiger partial charge in [-0.05, 0) is 62.3 Å². The molecule has 2 heterocycles. The van der Waals surface area contributed by atoms with Crippen LogP contribution < -0.4 is 16.0 Å². The summed E-state index contributed by atoms with van der Waals surface area (Å²) >= 11 is 0. The molecule has 1 aliphatic carbocycles. The lowest BCUT2D eigenvalue weighted by Crippen LogP contribution is -2.39. The van der Waals surface area contributed by atoms with Gasteiger partial charge in [0.05, 0.1) is 5.69 Å². The number of anilines is 3. The average Bonchev–Trinajstić information content (AvgIpc) is 3.22. The Morgan fingerprint density at radius 3 is 2.23 bits per heavy atom. The summed E-state index contributed by atoms with van der Waals surface area (Å²) in [5.41, 5.74) is 5.30. The quantitative estimate of drug-likeness (QED) is 0.723. The van der Waals surface area contributed by atoms with Crippen molar-refractivity contribution in [2.24, 2.45) is 11.8 Å². The zero-order chi connectivity index (χ0) is 21.7. The minimum absolute atomic E-state index is 0.101. The lowest BCUT2D eigenvalue weighted by Gasteiger charge is -2.33. The summed E-state index contributed by atoms with van der Waals surface area (Å²) < 4.78 is 51.7. The van der Waals surface area contributed by atoms with Gasteiger partial charge in [0.1, 0.15) is 18.5 Å². The highest BCUT2D eigenvalue weighted by atomic mass is 31.2. The minimum Gasteiger partial charge on any atom is -0.383 e. The van der Waals surface area contributed by atoms with Crippen molar-refractivity contribution in [1.82, 2.24) is 15.0 Å². The molecule has 1 aliphatic heterocycles. The first kappa shape index (κ1) is 21.1. The number of halogens is 3. The predicted molar refractivity (Wildman–Crippen MR) is 112 cm³/mol. The van der Waals surface area contributed by atoms with E-state index in [-0.39, 0.29) is 5.95 Å². The monoisotopic (exact) mass is 439 g/mol. The Kier molecular flexibility index (Phi) is 5.31. The summed E-state index contributed by atoms with van der Waals surface area (Å²) in [7, 11) is -2.42. The van der Waals surface area contributed by atoms with Gasteiger partial charge in [-0.1, -0.05) is 6.42 Å². The zero-order valence-electron chi connectivity index (χ0n) is 16.9. The van der Waals surface area contributed by atoms with E-state index < -0.39 is 24.7 Å². The number of benzene rings is 1. The van der Waals surface area contributed by atoms with Crippen LogP contribution in [0.15, 0.2) is 30.5 Å². The number of rotatable bonds is 4. The largest absolute Gasteiger partial charge is 0.421 e. The molecule has 0 spiro atoms. The third-order valence-electron chi connectivity index (χ3n) is 6.01. The summed E-state index contributed by atoms with van der Waals surface area (Å²) in [4.78, 5) is 8.01. The van der Waals surface area contributed by atoms with Gasteiger partial charge < -0.3 is 10.3 Å². The van der Waals surface area contributed by atoms with Gasteiger partial charge >= 0.3 is 6.18 Å². The number of nitrogens with zero attached hydrogens (tertiary/aromatic N) is 4. The van der Waals surface area contributed by atoms with Gasteiger partial charge in [0, 0.05) is 24.6 Å². The van der Waals surface area contributed by atoms with Crippen LogP contribution in [0.25, 0.3) is 0 Å². The molecule has 10 heteroatoms. The Hall–Kier alpha value is -2.12. The summed E-state index contributed by atoms with van der Waals surface area (Å²) in [5.74, 6) is 0.625. The van der Waals surface area contributed by atoms with Gasteiger partial charge in [0.15, 0.2) is 0 Å². The number of fused-ring (bicyclic) bond motifs is 1. The first-order valence-corrected chi connectivity index (χ1v) is 12.5. The number of hydrazine groups is 1. The number of nitrogen functional groups attached to an aromatic ring is 1. The van der Waals surface area contributed by atoms with Crippen LogP contribution in [-0.4, -0.2) is 41.4 Å². The maximum absolute atomic E-state index is 13.1. The minimum atomic E-state index is -4.61. The van der Waals surface area contributed by atoms with Crippen LogP contribution in [-0.2, 0) is 10.7 Å². The van der Waals surface area contributed by atoms with Gasteiger partial charge in [0.2, 0.25) is 5.95 Å². The van der Waals surface area contributed by atoms with Gasteiger partial charge in [0.25, 0.3) is 0 Å². The highest BCUT2D eigenvalue weighted by molar-refractivity contribution is 7.70. The predicted octanol–water partition coefficient (Wildman–Crippen LogP) is 4.11. The van der Waals surface area contributed by atoms with Crippen molar-refractivity contribution in [2.75, 3.05) is 37.2 Å². The number of hydrogen-bond acceptors (Lipinski definition) is 6. The van der Waals surface area contributed by atoms with E-state index in [1.165, 1.54) is 6.42 Å². The molecule has 0 bridgehead atoms. The topological polar surface area (TPSA) is 75.3 Å². The van der Waals surface area contributed by atoms with Crippen LogP contribution >= 0.6 is 7.14 Å². The first-order valence-electron chi connectivity index (χ1n) is 9.94. The molecule has 1 aromatic heterocycles. The molecule has 2 fully saturated rings. The fourth-order valence-electron chi connectivity index (χ4n) is 4.44. The van der Waals surface area contributed by atoms with Crippen molar-refractivity contribution in [2.45, 2.75) is 25.4 Å². The van der Waals surface area contributed by atoms with Gasteiger partial charge in [-0.2, -0.15) is 18.2 Å². The maximum Gasteiger partial charge on any atom is 0.421 e. The fraction of sp³-hybridized carbons (Fsp3) is 0.500. The Morgan fingerprint density at radius 1 is 1.13 bits per heavy atom. The number of aromatic nitrogens is 2. The third kappa shape index (κ3) is 4.05. The van der Waals surface area contributed by atoms with E-state index in [2.05, 4.69) is 15.0 Å². The van der Waals surface area contributed by atoms with E-state index in [0.717, 1.165) is 37.4 Å². The van der Waals surface area contributed by atoms with Crippen molar-refractivity contribution in [3.05, 3.63) is 36.0 Å². The second kappa shape index (κ2) is 7.54. The molecule has 4 rings (SSSR count). The number of hydrogen-bond donors (Lipinski definition) is 1. The standard InChI is InChI=1S/C20H25F3N5OP/c1-30(2,29)16-8-6-15(7-9-16)28(27-11-13-4-3-5-14(13)12-27)19-25-10-17(18(24)26-19)20(21,22)23/h6-10,13-14H,3-5,11-12H2,1-2H3,(H2,24,25,26). The van der Waals surface area contributed by atoms with Crippen LogP contribution in [0, 0.1) is 11.8 Å².